The molecule has 2 aromatic carbocycles. The highest BCUT2D eigenvalue weighted by Crippen LogP contribution is 2.40. The Bertz CT molecular complexity index is 612. The molecule has 0 fully saturated rings. The van der Waals surface area contributed by atoms with Crippen LogP contribution in [-0.2, 0) is 6.42 Å². The van der Waals surface area contributed by atoms with Crippen molar-refractivity contribution in [1.82, 2.24) is 0 Å². The van der Waals surface area contributed by atoms with E-state index in [0.29, 0.717) is 22.4 Å². The van der Waals surface area contributed by atoms with Crippen LogP contribution in [0.15, 0.2) is 45.3 Å². The Morgan fingerprint density at radius 1 is 1.00 bits per heavy atom. The van der Waals surface area contributed by atoms with Gasteiger partial charge in [-0.2, -0.15) is 0 Å². The second-order valence-electron chi connectivity index (χ2n) is 4.55. The molecule has 1 N–H and O–H groups in total. The normalized spacial score (nSPS) is 12.0. The summed E-state index contributed by atoms with van der Waals surface area (Å²) in [4.78, 5) is 0. The average molecular weight is 416 g/mol. The highest BCUT2D eigenvalue weighted by Gasteiger charge is 2.19. The summed E-state index contributed by atoms with van der Waals surface area (Å²) in [7, 11) is 3.17. The van der Waals surface area contributed by atoms with Gasteiger partial charge in [0, 0.05) is 16.5 Å². The van der Waals surface area contributed by atoms with Gasteiger partial charge in [0.25, 0.3) is 0 Å². The van der Waals surface area contributed by atoms with Gasteiger partial charge >= 0.3 is 0 Å². The Morgan fingerprint density at radius 3 is 2.24 bits per heavy atom. The zero-order valence-electron chi connectivity index (χ0n) is 11.8. The van der Waals surface area contributed by atoms with Crippen LogP contribution in [0.5, 0.6) is 11.5 Å². The lowest BCUT2D eigenvalue weighted by Crippen LogP contribution is -2.05. The Kier molecular flexibility index (Phi) is 5.67. The summed E-state index contributed by atoms with van der Waals surface area (Å²) in [6, 6.07) is 11.5. The molecule has 21 heavy (non-hydrogen) atoms. The summed E-state index contributed by atoms with van der Waals surface area (Å²) in [5.41, 5.74) is 1.78. The molecule has 3 nitrogen and oxygen atoms in total. The maximum Gasteiger partial charge on any atom is 0.142 e. The molecule has 0 saturated heterocycles. The van der Waals surface area contributed by atoms with Gasteiger partial charge in [-0.15, -0.1) is 0 Å². The highest BCUT2D eigenvalue weighted by atomic mass is 79.9. The Morgan fingerprint density at radius 2 is 1.67 bits per heavy atom. The van der Waals surface area contributed by atoms with E-state index >= 15 is 0 Å². The highest BCUT2D eigenvalue weighted by molar-refractivity contribution is 9.11. The van der Waals surface area contributed by atoms with E-state index in [0.717, 1.165) is 15.6 Å². The SMILES string of the molecule is COc1ccc(C(O)Cc2ccc(Br)cc2)c(OC)c1Br. The molecule has 1 unspecified atom stereocenters. The van der Waals surface area contributed by atoms with Gasteiger partial charge in [0.1, 0.15) is 16.0 Å². The van der Waals surface area contributed by atoms with Crippen molar-refractivity contribution in [2.24, 2.45) is 0 Å². The topological polar surface area (TPSA) is 38.7 Å². The monoisotopic (exact) mass is 414 g/mol. The first kappa shape index (κ1) is 16.3. The minimum Gasteiger partial charge on any atom is -0.495 e. The van der Waals surface area contributed by atoms with Crippen molar-refractivity contribution in [2.75, 3.05) is 14.2 Å². The quantitative estimate of drug-likeness (QED) is 0.780. The van der Waals surface area contributed by atoms with E-state index in [1.165, 1.54) is 0 Å². The van der Waals surface area contributed by atoms with Crippen LogP contribution in [0.4, 0.5) is 0 Å². The standard InChI is InChI=1S/C16H16Br2O3/c1-20-14-8-7-12(16(21-2)15(14)18)13(19)9-10-3-5-11(17)6-4-10/h3-8,13,19H,9H2,1-2H3. The third-order valence-electron chi connectivity index (χ3n) is 3.22. The second-order valence-corrected chi connectivity index (χ2v) is 6.26. The fourth-order valence-electron chi connectivity index (χ4n) is 2.13. The molecule has 5 heteroatoms. The predicted octanol–water partition coefficient (Wildman–Crippen LogP) is 4.50. The summed E-state index contributed by atoms with van der Waals surface area (Å²) in [6.45, 7) is 0. The molecule has 0 saturated carbocycles. The van der Waals surface area contributed by atoms with E-state index in [2.05, 4.69) is 31.9 Å². The number of hydrogen-bond donors (Lipinski definition) is 1. The minimum absolute atomic E-state index is 0.516. The number of halogens is 2. The summed E-state index contributed by atoms with van der Waals surface area (Å²) >= 11 is 6.85. The minimum atomic E-state index is -0.650. The molecule has 0 radical (unpaired) electrons. The molecular formula is C16H16Br2O3. The van der Waals surface area contributed by atoms with Crippen molar-refractivity contribution in [2.45, 2.75) is 12.5 Å². The molecule has 0 aliphatic carbocycles. The van der Waals surface area contributed by atoms with Gasteiger partial charge < -0.3 is 14.6 Å². The molecule has 2 aromatic rings. The number of aliphatic hydroxyl groups excluding tert-OH is 1. The van der Waals surface area contributed by atoms with Gasteiger partial charge in [-0.3, -0.25) is 0 Å². The van der Waals surface area contributed by atoms with Crippen molar-refractivity contribution in [3.05, 3.63) is 56.5 Å². The fourth-order valence-corrected chi connectivity index (χ4v) is 3.08. The molecule has 112 valence electrons. The van der Waals surface area contributed by atoms with Crippen LogP contribution in [0, 0.1) is 0 Å². The van der Waals surface area contributed by atoms with E-state index < -0.39 is 6.10 Å². The largest absolute Gasteiger partial charge is 0.495 e. The number of benzene rings is 2. The van der Waals surface area contributed by atoms with E-state index in [9.17, 15) is 5.11 Å². The Labute approximate surface area is 141 Å². The third-order valence-corrected chi connectivity index (χ3v) is 4.50. The third kappa shape index (κ3) is 3.78. The predicted molar refractivity (Wildman–Crippen MR) is 90.1 cm³/mol. The number of hydrogen-bond acceptors (Lipinski definition) is 3. The lowest BCUT2D eigenvalue weighted by atomic mass is 10.0. The molecule has 0 heterocycles. The van der Waals surface area contributed by atoms with Gasteiger partial charge in [-0.1, -0.05) is 28.1 Å². The first-order chi connectivity index (χ1) is 10.1. The van der Waals surface area contributed by atoms with E-state index in [1.54, 1.807) is 14.2 Å². The molecule has 0 aromatic heterocycles. The molecule has 1 atom stereocenters. The van der Waals surface area contributed by atoms with Gasteiger partial charge in [0.15, 0.2) is 0 Å². The van der Waals surface area contributed by atoms with Crippen molar-refractivity contribution < 1.29 is 14.6 Å². The first-order valence-corrected chi connectivity index (χ1v) is 7.98. The van der Waals surface area contributed by atoms with Crippen molar-refractivity contribution in [1.29, 1.82) is 0 Å². The Hall–Kier alpha value is -1.04. The number of ether oxygens (including phenoxy) is 2. The maximum absolute atomic E-state index is 10.5. The molecule has 2 rings (SSSR count). The summed E-state index contributed by atoms with van der Waals surface area (Å²) in [6.07, 6.45) is -0.133. The van der Waals surface area contributed by atoms with Crippen LogP contribution in [0.2, 0.25) is 0 Å². The molecule has 0 aliphatic rings. The van der Waals surface area contributed by atoms with Crippen LogP contribution in [-0.4, -0.2) is 19.3 Å². The van der Waals surface area contributed by atoms with Gasteiger partial charge in [0.2, 0.25) is 0 Å². The van der Waals surface area contributed by atoms with Crippen LogP contribution < -0.4 is 9.47 Å². The zero-order chi connectivity index (χ0) is 15.4. The van der Waals surface area contributed by atoms with Crippen molar-refractivity contribution in [3.63, 3.8) is 0 Å². The number of aliphatic hydroxyl groups is 1. The second kappa shape index (κ2) is 7.29. The molecule has 0 spiro atoms. The average Bonchev–Trinajstić information content (AvgIpc) is 2.49. The Balaban J connectivity index is 2.28. The van der Waals surface area contributed by atoms with E-state index in [1.807, 2.05) is 36.4 Å². The van der Waals surface area contributed by atoms with Gasteiger partial charge in [0.05, 0.1) is 20.3 Å². The van der Waals surface area contributed by atoms with Gasteiger partial charge in [-0.25, -0.2) is 0 Å². The van der Waals surface area contributed by atoms with Crippen LogP contribution >= 0.6 is 31.9 Å². The van der Waals surface area contributed by atoms with Crippen LogP contribution in [0.1, 0.15) is 17.2 Å². The molecule has 0 aliphatic heterocycles. The van der Waals surface area contributed by atoms with Gasteiger partial charge in [-0.05, 0) is 45.8 Å². The first-order valence-electron chi connectivity index (χ1n) is 6.39. The van der Waals surface area contributed by atoms with Crippen molar-refractivity contribution >= 4 is 31.9 Å². The number of methoxy groups -OCH3 is 2. The van der Waals surface area contributed by atoms with E-state index in [-0.39, 0.29) is 0 Å². The zero-order valence-corrected chi connectivity index (χ0v) is 14.9. The summed E-state index contributed by atoms with van der Waals surface area (Å²) < 4.78 is 12.4. The molecular weight excluding hydrogens is 400 g/mol. The number of rotatable bonds is 5. The van der Waals surface area contributed by atoms with Crippen LogP contribution in [0.25, 0.3) is 0 Å². The molecule has 0 amide bonds. The molecule has 0 bridgehead atoms. The van der Waals surface area contributed by atoms with Crippen molar-refractivity contribution in [3.8, 4) is 11.5 Å². The summed E-state index contributed by atoms with van der Waals surface area (Å²) in [5, 5.41) is 10.5. The fraction of sp³-hybridized carbons (Fsp3) is 0.250. The van der Waals surface area contributed by atoms with E-state index in [4.69, 9.17) is 9.47 Å². The smallest absolute Gasteiger partial charge is 0.142 e. The lowest BCUT2D eigenvalue weighted by Gasteiger charge is -2.17. The lowest BCUT2D eigenvalue weighted by molar-refractivity contribution is 0.173. The van der Waals surface area contributed by atoms with Crippen LogP contribution in [0.3, 0.4) is 0 Å². The maximum atomic E-state index is 10.5. The summed E-state index contributed by atoms with van der Waals surface area (Å²) in [5.74, 6) is 1.27.